The van der Waals surface area contributed by atoms with Crippen LogP contribution in [0.3, 0.4) is 0 Å². The Kier molecular flexibility index (Phi) is 4.77. The first-order valence-corrected chi connectivity index (χ1v) is 7.99. The summed E-state index contributed by atoms with van der Waals surface area (Å²) in [6.45, 7) is 9.83. The van der Waals surface area contributed by atoms with E-state index in [0.717, 1.165) is 19.0 Å². The smallest absolute Gasteiger partial charge is 0.410 e. The Morgan fingerprint density at radius 3 is 2.75 bits per heavy atom. The highest BCUT2D eigenvalue weighted by Crippen LogP contribution is 2.31. The van der Waals surface area contributed by atoms with Crippen LogP contribution in [-0.2, 0) is 4.74 Å². The molecule has 114 valence electrons. The van der Waals surface area contributed by atoms with Gasteiger partial charge in [-0.3, -0.25) is 0 Å². The van der Waals surface area contributed by atoms with Gasteiger partial charge < -0.3 is 9.64 Å². The third-order valence-corrected chi connectivity index (χ3v) is 4.10. The molecule has 0 radical (unpaired) electrons. The minimum Gasteiger partial charge on any atom is -0.444 e. The van der Waals surface area contributed by atoms with Gasteiger partial charge in [0.2, 0.25) is 0 Å². The lowest BCUT2D eigenvalue weighted by atomic mass is 9.88. The molecule has 0 aromatic rings. The fourth-order valence-electron chi connectivity index (χ4n) is 3.12. The second kappa shape index (κ2) is 6.19. The Morgan fingerprint density at radius 1 is 1.40 bits per heavy atom. The zero-order valence-electron chi connectivity index (χ0n) is 13.4. The topological polar surface area (TPSA) is 29.5 Å². The number of carbonyl (C=O) groups is 1. The minimum atomic E-state index is -0.387. The fourth-order valence-corrected chi connectivity index (χ4v) is 3.12. The van der Waals surface area contributed by atoms with Crippen LogP contribution >= 0.6 is 0 Å². The van der Waals surface area contributed by atoms with E-state index in [4.69, 9.17) is 4.74 Å². The summed E-state index contributed by atoms with van der Waals surface area (Å²) >= 11 is 0. The molecule has 1 fully saturated rings. The number of carbonyl (C=O) groups excluding carboxylic acids is 1. The zero-order valence-corrected chi connectivity index (χ0v) is 13.4. The van der Waals surface area contributed by atoms with Gasteiger partial charge in [-0.1, -0.05) is 25.0 Å². The number of hydrogen-bond donors (Lipinski definition) is 0. The predicted octanol–water partition coefficient (Wildman–Crippen LogP) is 4.38. The Bertz CT molecular complexity index is 375. The maximum Gasteiger partial charge on any atom is 0.410 e. The number of rotatable bonds is 2. The number of amides is 1. The number of likely N-dealkylation sites (tertiary alicyclic amines) is 1. The SMILES string of the molecule is C[C@@H]1CCCC=C(CC2CN(C(=O)OC(C)(C)C)C2)C1. The Labute approximate surface area is 123 Å². The lowest BCUT2D eigenvalue weighted by molar-refractivity contribution is -0.00102. The molecule has 2 rings (SSSR count). The van der Waals surface area contributed by atoms with Gasteiger partial charge in [0, 0.05) is 13.1 Å². The highest BCUT2D eigenvalue weighted by Gasteiger charge is 2.34. The van der Waals surface area contributed by atoms with Gasteiger partial charge >= 0.3 is 6.09 Å². The molecule has 1 atom stereocenters. The molecule has 1 aliphatic heterocycles. The lowest BCUT2D eigenvalue weighted by Crippen LogP contribution is -2.51. The first kappa shape index (κ1) is 15.4. The first-order chi connectivity index (χ1) is 9.33. The second-order valence-electron chi connectivity index (χ2n) is 7.56. The molecule has 0 aromatic heterocycles. The average molecular weight is 279 g/mol. The van der Waals surface area contributed by atoms with Crippen LogP contribution in [0, 0.1) is 11.8 Å². The van der Waals surface area contributed by atoms with Crippen molar-refractivity contribution in [2.24, 2.45) is 11.8 Å². The molecule has 0 aromatic carbocycles. The highest BCUT2D eigenvalue weighted by atomic mass is 16.6. The van der Waals surface area contributed by atoms with E-state index in [0.29, 0.717) is 5.92 Å². The van der Waals surface area contributed by atoms with Gasteiger partial charge in [0.05, 0.1) is 0 Å². The molecule has 1 amide bonds. The monoisotopic (exact) mass is 279 g/mol. The Hall–Kier alpha value is -0.990. The van der Waals surface area contributed by atoms with Crippen molar-refractivity contribution in [3.05, 3.63) is 11.6 Å². The molecule has 3 nitrogen and oxygen atoms in total. The molecule has 20 heavy (non-hydrogen) atoms. The van der Waals surface area contributed by atoms with Gasteiger partial charge in [0.1, 0.15) is 5.60 Å². The normalized spacial score (nSPS) is 24.7. The van der Waals surface area contributed by atoms with Gasteiger partial charge in [0.25, 0.3) is 0 Å². The van der Waals surface area contributed by atoms with Crippen molar-refractivity contribution in [3.8, 4) is 0 Å². The Balaban J connectivity index is 1.74. The molecule has 0 spiro atoms. The van der Waals surface area contributed by atoms with E-state index in [2.05, 4.69) is 13.0 Å². The van der Waals surface area contributed by atoms with E-state index >= 15 is 0 Å². The van der Waals surface area contributed by atoms with Crippen LogP contribution < -0.4 is 0 Å². The van der Waals surface area contributed by atoms with Gasteiger partial charge in [0.15, 0.2) is 0 Å². The summed E-state index contributed by atoms with van der Waals surface area (Å²) < 4.78 is 5.39. The maximum absolute atomic E-state index is 11.9. The van der Waals surface area contributed by atoms with Gasteiger partial charge in [-0.25, -0.2) is 4.79 Å². The van der Waals surface area contributed by atoms with E-state index in [-0.39, 0.29) is 11.7 Å². The van der Waals surface area contributed by atoms with E-state index < -0.39 is 0 Å². The van der Waals surface area contributed by atoms with Crippen molar-refractivity contribution in [1.29, 1.82) is 0 Å². The number of nitrogens with zero attached hydrogens (tertiary/aromatic N) is 1. The van der Waals surface area contributed by atoms with Crippen molar-refractivity contribution >= 4 is 6.09 Å². The van der Waals surface area contributed by atoms with Crippen molar-refractivity contribution in [1.82, 2.24) is 4.90 Å². The molecule has 3 heteroatoms. The average Bonchev–Trinajstić information content (AvgIpc) is 2.44. The second-order valence-corrected chi connectivity index (χ2v) is 7.56. The molecule has 1 saturated heterocycles. The van der Waals surface area contributed by atoms with Gasteiger partial charge in [-0.05, 0) is 58.3 Å². The summed E-state index contributed by atoms with van der Waals surface area (Å²) in [5, 5.41) is 0. The molecular weight excluding hydrogens is 250 g/mol. The van der Waals surface area contributed by atoms with E-state index in [1.807, 2.05) is 25.7 Å². The quantitative estimate of drug-likeness (QED) is 0.702. The summed E-state index contributed by atoms with van der Waals surface area (Å²) in [5.74, 6) is 1.46. The molecule has 2 aliphatic rings. The number of ether oxygens (including phenoxy) is 1. The summed E-state index contributed by atoms with van der Waals surface area (Å²) in [4.78, 5) is 13.7. The van der Waals surface area contributed by atoms with Crippen molar-refractivity contribution in [2.75, 3.05) is 13.1 Å². The molecule has 0 unspecified atom stereocenters. The van der Waals surface area contributed by atoms with Crippen LogP contribution in [0.15, 0.2) is 11.6 Å². The third kappa shape index (κ3) is 4.53. The van der Waals surface area contributed by atoms with Crippen LogP contribution in [0.2, 0.25) is 0 Å². The highest BCUT2D eigenvalue weighted by molar-refractivity contribution is 5.69. The summed E-state index contributed by atoms with van der Waals surface area (Å²) in [6, 6.07) is 0. The van der Waals surface area contributed by atoms with E-state index in [1.165, 1.54) is 32.1 Å². The number of allylic oxidation sites excluding steroid dienone is 2. The number of hydrogen-bond acceptors (Lipinski definition) is 2. The third-order valence-electron chi connectivity index (χ3n) is 4.10. The fraction of sp³-hybridized carbons (Fsp3) is 0.824. The maximum atomic E-state index is 11.9. The minimum absolute atomic E-state index is 0.156. The summed E-state index contributed by atoms with van der Waals surface area (Å²) in [6.07, 6.45) is 8.64. The molecule has 0 N–H and O–H groups in total. The van der Waals surface area contributed by atoms with Crippen LogP contribution in [0.1, 0.15) is 59.8 Å². The van der Waals surface area contributed by atoms with Crippen molar-refractivity contribution < 1.29 is 9.53 Å². The molecule has 0 saturated carbocycles. The summed E-state index contributed by atoms with van der Waals surface area (Å²) in [7, 11) is 0. The zero-order chi connectivity index (χ0) is 14.8. The Morgan fingerprint density at radius 2 is 2.10 bits per heavy atom. The van der Waals surface area contributed by atoms with Crippen molar-refractivity contribution in [2.45, 2.75) is 65.4 Å². The standard InChI is InChI=1S/C17H29NO2/c1-13-7-5-6-8-14(9-13)10-15-11-18(12-15)16(19)20-17(2,3)4/h8,13,15H,5-7,9-12H2,1-4H3/t13-/m1/s1. The van der Waals surface area contributed by atoms with Crippen LogP contribution in [0.4, 0.5) is 4.79 Å². The van der Waals surface area contributed by atoms with Crippen molar-refractivity contribution in [3.63, 3.8) is 0 Å². The lowest BCUT2D eigenvalue weighted by Gasteiger charge is -2.40. The van der Waals surface area contributed by atoms with E-state index in [1.54, 1.807) is 5.57 Å². The first-order valence-electron chi connectivity index (χ1n) is 7.99. The largest absolute Gasteiger partial charge is 0.444 e. The van der Waals surface area contributed by atoms with Crippen LogP contribution in [0.25, 0.3) is 0 Å². The van der Waals surface area contributed by atoms with E-state index in [9.17, 15) is 4.79 Å². The van der Waals surface area contributed by atoms with Crippen LogP contribution in [-0.4, -0.2) is 29.7 Å². The summed E-state index contributed by atoms with van der Waals surface area (Å²) in [5.41, 5.74) is 1.23. The van der Waals surface area contributed by atoms with Gasteiger partial charge in [-0.15, -0.1) is 0 Å². The molecular formula is C17H29NO2. The molecule has 1 heterocycles. The molecule has 0 bridgehead atoms. The molecule has 1 aliphatic carbocycles. The predicted molar refractivity (Wildman–Crippen MR) is 81.6 cm³/mol. The van der Waals surface area contributed by atoms with Gasteiger partial charge in [-0.2, -0.15) is 0 Å². The van der Waals surface area contributed by atoms with Crippen LogP contribution in [0.5, 0.6) is 0 Å².